The number of nitrogens with zero attached hydrogens (tertiary/aromatic N) is 4. The Hall–Kier alpha value is -4.06. The van der Waals surface area contributed by atoms with Gasteiger partial charge in [-0.3, -0.25) is 9.59 Å². The Labute approximate surface area is 188 Å². The second-order valence-electron chi connectivity index (χ2n) is 6.42. The van der Waals surface area contributed by atoms with Crippen molar-refractivity contribution >= 4 is 47.1 Å². The molecule has 11 nitrogen and oxygen atoms in total. The van der Waals surface area contributed by atoms with Crippen LogP contribution in [0.1, 0.15) is 12.5 Å². The number of amides is 2. The van der Waals surface area contributed by atoms with Crippen LogP contribution in [0.5, 0.6) is 5.75 Å². The van der Waals surface area contributed by atoms with Gasteiger partial charge in [-0.15, -0.1) is 10.2 Å². The average Bonchev–Trinajstić information content (AvgIpc) is 3.11. The third-order valence-corrected chi connectivity index (χ3v) is 4.88. The molecule has 12 heteroatoms. The Kier molecular flexibility index (Phi) is 7.65. The van der Waals surface area contributed by atoms with Crippen LogP contribution in [0.15, 0.2) is 58.8 Å². The van der Waals surface area contributed by atoms with Gasteiger partial charge in [-0.05, 0) is 35.9 Å². The van der Waals surface area contributed by atoms with Crippen LogP contribution in [0.2, 0.25) is 0 Å². The summed E-state index contributed by atoms with van der Waals surface area (Å²) in [7, 11) is 1.59. The topological polar surface area (TPSA) is 149 Å². The summed E-state index contributed by atoms with van der Waals surface area (Å²) < 4.78 is 6.37. The molecule has 5 N–H and O–H groups in total. The van der Waals surface area contributed by atoms with Crippen molar-refractivity contribution in [3.63, 3.8) is 0 Å². The van der Waals surface area contributed by atoms with E-state index in [1.807, 2.05) is 24.3 Å². The maximum Gasteiger partial charge on any atom is 0.264 e. The van der Waals surface area contributed by atoms with Crippen LogP contribution in [0, 0.1) is 0 Å². The molecule has 0 atom stereocenters. The molecule has 0 spiro atoms. The quantitative estimate of drug-likeness (QED) is 0.166. The van der Waals surface area contributed by atoms with Crippen molar-refractivity contribution in [3.8, 4) is 5.75 Å². The number of hydrogen-bond acceptors (Lipinski definition) is 9. The highest BCUT2D eigenvalue weighted by atomic mass is 32.2. The number of rotatable bonds is 9. The molecule has 1 aromatic heterocycles. The molecule has 32 heavy (non-hydrogen) atoms. The molecule has 0 unspecified atom stereocenters. The second-order valence-corrected chi connectivity index (χ2v) is 7.36. The number of aromatic nitrogens is 3. The number of thioether (sulfide) groups is 1. The Morgan fingerprint density at radius 1 is 1.16 bits per heavy atom. The van der Waals surface area contributed by atoms with Crippen LogP contribution in [-0.4, -0.2) is 45.8 Å². The van der Waals surface area contributed by atoms with Crippen LogP contribution in [0.4, 0.5) is 17.3 Å². The normalized spacial score (nSPS) is 10.7. The predicted molar refractivity (Wildman–Crippen MR) is 124 cm³/mol. The van der Waals surface area contributed by atoms with Gasteiger partial charge < -0.3 is 21.2 Å². The molecule has 0 aliphatic carbocycles. The lowest BCUT2D eigenvalue weighted by Crippen LogP contribution is -2.17. The monoisotopic (exact) mass is 454 g/mol. The number of nitrogen functional groups attached to an aromatic ring is 1. The molecule has 2 amide bonds. The number of nitrogens with one attached hydrogen (secondary N) is 3. The first kappa shape index (κ1) is 22.6. The Morgan fingerprint density at radius 2 is 1.91 bits per heavy atom. The highest BCUT2D eigenvalue weighted by Gasteiger charge is 2.12. The van der Waals surface area contributed by atoms with Gasteiger partial charge in [0.05, 0.1) is 19.1 Å². The number of ether oxygens (including phenoxy) is 1. The number of hydrazone groups is 1. The standard InChI is InChI=1S/C20H22N8O3S/c1-13(29)23-15-6-4-7-16(10-15)24-18(30)12-32-20-27-26-19(28(20)21)25-22-11-14-5-3-8-17(9-14)31-2/h3-11H,12,21H2,1-2H3,(H,23,29)(H,24,30)(H,25,26)/b22-11+. The van der Waals surface area contributed by atoms with Crippen molar-refractivity contribution in [1.82, 2.24) is 14.9 Å². The third kappa shape index (κ3) is 6.47. The van der Waals surface area contributed by atoms with Gasteiger partial charge >= 0.3 is 0 Å². The maximum atomic E-state index is 12.3. The van der Waals surface area contributed by atoms with Crippen LogP contribution in [-0.2, 0) is 9.59 Å². The number of carbonyl (C=O) groups excluding carboxylic acids is 2. The minimum Gasteiger partial charge on any atom is -0.497 e. The van der Waals surface area contributed by atoms with Crippen molar-refractivity contribution in [3.05, 3.63) is 54.1 Å². The van der Waals surface area contributed by atoms with E-state index in [0.29, 0.717) is 16.5 Å². The van der Waals surface area contributed by atoms with E-state index in [1.54, 1.807) is 37.6 Å². The van der Waals surface area contributed by atoms with Gasteiger partial charge in [0.1, 0.15) is 5.75 Å². The van der Waals surface area contributed by atoms with Crippen LogP contribution >= 0.6 is 11.8 Å². The van der Waals surface area contributed by atoms with Crippen LogP contribution in [0.25, 0.3) is 0 Å². The summed E-state index contributed by atoms with van der Waals surface area (Å²) in [6.07, 6.45) is 1.59. The molecular formula is C20H22N8O3S. The first-order valence-corrected chi connectivity index (χ1v) is 10.4. The molecule has 1 heterocycles. The van der Waals surface area contributed by atoms with Gasteiger partial charge in [-0.25, -0.2) is 10.1 Å². The van der Waals surface area contributed by atoms with Gasteiger partial charge in [-0.1, -0.05) is 30.0 Å². The first-order valence-electron chi connectivity index (χ1n) is 9.38. The summed E-state index contributed by atoms with van der Waals surface area (Å²) in [4.78, 5) is 23.4. The summed E-state index contributed by atoms with van der Waals surface area (Å²) in [5.74, 6) is 6.52. The average molecular weight is 455 g/mol. The van der Waals surface area contributed by atoms with E-state index in [9.17, 15) is 9.59 Å². The third-order valence-electron chi connectivity index (χ3n) is 3.94. The lowest BCUT2D eigenvalue weighted by molar-refractivity contribution is -0.114. The smallest absolute Gasteiger partial charge is 0.264 e. The molecule has 0 bridgehead atoms. The Balaban J connectivity index is 1.52. The highest BCUT2D eigenvalue weighted by Crippen LogP contribution is 2.19. The van der Waals surface area contributed by atoms with Crippen molar-refractivity contribution in [1.29, 1.82) is 0 Å². The van der Waals surface area contributed by atoms with Crippen molar-refractivity contribution in [2.24, 2.45) is 5.10 Å². The van der Waals surface area contributed by atoms with Crippen molar-refractivity contribution < 1.29 is 14.3 Å². The van der Waals surface area contributed by atoms with Crippen LogP contribution in [0.3, 0.4) is 0 Å². The van der Waals surface area contributed by atoms with E-state index in [-0.39, 0.29) is 23.5 Å². The van der Waals surface area contributed by atoms with E-state index in [2.05, 4.69) is 31.4 Å². The molecule has 0 radical (unpaired) electrons. The molecule has 0 saturated carbocycles. The lowest BCUT2D eigenvalue weighted by Gasteiger charge is -2.07. The predicted octanol–water partition coefficient (Wildman–Crippen LogP) is 2.14. The zero-order valence-electron chi connectivity index (χ0n) is 17.4. The SMILES string of the molecule is COc1cccc(/C=N/Nc2nnc(SCC(=O)Nc3cccc(NC(C)=O)c3)n2N)c1. The molecule has 0 aliphatic heterocycles. The molecule has 3 aromatic rings. The van der Waals surface area contributed by atoms with Gasteiger partial charge in [0.15, 0.2) is 0 Å². The molecular weight excluding hydrogens is 432 g/mol. The zero-order valence-corrected chi connectivity index (χ0v) is 18.2. The number of nitrogens with two attached hydrogens (primary N) is 1. The highest BCUT2D eigenvalue weighted by molar-refractivity contribution is 7.99. The zero-order chi connectivity index (χ0) is 22.9. The minimum atomic E-state index is -0.261. The summed E-state index contributed by atoms with van der Waals surface area (Å²) >= 11 is 1.12. The van der Waals surface area contributed by atoms with E-state index >= 15 is 0 Å². The van der Waals surface area contributed by atoms with Crippen molar-refractivity contribution in [2.75, 3.05) is 34.8 Å². The Morgan fingerprint density at radius 3 is 2.66 bits per heavy atom. The van der Waals surface area contributed by atoms with Crippen molar-refractivity contribution in [2.45, 2.75) is 12.1 Å². The molecule has 0 fully saturated rings. The largest absolute Gasteiger partial charge is 0.497 e. The minimum absolute atomic E-state index is 0.0623. The van der Waals surface area contributed by atoms with Gasteiger partial charge in [0, 0.05) is 18.3 Å². The van der Waals surface area contributed by atoms with Gasteiger partial charge in [0.25, 0.3) is 5.95 Å². The number of carbonyl (C=O) groups is 2. The summed E-state index contributed by atoms with van der Waals surface area (Å²) in [5.41, 5.74) is 4.69. The fourth-order valence-corrected chi connectivity index (χ4v) is 3.20. The molecule has 3 rings (SSSR count). The number of hydrogen-bond donors (Lipinski definition) is 4. The number of benzene rings is 2. The lowest BCUT2D eigenvalue weighted by atomic mass is 10.2. The second kappa shape index (κ2) is 10.8. The number of methoxy groups -OCH3 is 1. The van der Waals surface area contributed by atoms with Crippen LogP contribution < -0.4 is 26.6 Å². The molecule has 0 aliphatic rings. The van der Waals surface area contributed by atoms with E-state index < -0.39 is 0 Å². The fraction of sp³-hybridized carbons (Fsp3) is 0.150. The van der Waals surface area contributed by atoms with E-state index in [0.717, 1.165) is 23.1 Å². The molecule has 2 aromatic carbocycles. The summed E-state index contributed by atoms with van der Waals surface area (Å²) in [6.45, 7) is 1.41. The van der Waals surface area contributed by atoms with Gasteiger partial charge in [0.2, 0.25) is 17.0 Å². The molecule has 0 saturated heterocycles. The Bertz CT molecular complexity index is 1130. The van der Waals surface area contributed by atoms with E-state index in [1.165, 1.54) is 11.6 Å². The maximum absolute atomic E-state index is 12.3. The van der Waals surface area contributed by atoms with Gasteiger partial charge in [-0.2, -0.15) is 5.10 Å². The summed E-state index contributed by atoms with van der Waals surface area (Å²) in [6, 6.07) is 14.2. The first-order chi connectivity index (χ1) is 15.4. The fourth-order valence-electron chi connectivity index (χ4n) is 2.54. The summed E-state index contributed by atoms with van der Waals surface area (Å²) in [5, 5.41) is 17.7. The number of anilines is 3. The molecule has 166 valence electrons. The van der Waals surface area contributed by atoms with E-state index in [4.69, 9.17) is 10.6 Å².